The molecule has 1 aliphatic heterocycles. The van der Waals surface area contributed by atoms with E-state index in [1.165, 1.54) is 6.92 Å². The van der Waals surface area contributed by atoms with Crippen LogP contribution in [0.1, 0.15) is 26.1 Å². The van der Waals surface area contributed by atoms with Crippen LogP contribution in [0.15, 0.2) is 6.20 Å². The van der Waals surface area contributed by atoms with Crippen LogP contribution in [0.3, 0.4) is 0 Å². The first-order chi connectivity index (χ1) is 10.9. The van der Waals surface area contributed by atoms with Gasteiger partial charge >= 0.3 is 0 Å². The third-order valence-electron chi connectivity index (χ3n) is 4.08. The number of imidazole rings is 1. The average Bonchev–Trinajstić information content (AvgIpc) is 2.69. The Morgan fingerprint density at radius 3 is 2.70 bits per heavy atom. The number of amides is 2. The maximum atomic E-state index is 12.4. The molecule has 1 unspecified atom stereocenters. The van der Waals surface area contributed by atoms with Gasteiger partial charge in [-0.1, -0.05) is 11.6 Å². The minimum Gasteiger partial charge on any atom is -0.345 e. The Balaban J connectivity index is 1.90. The monoisotopic (exact) mass is 341 g/mol. The molecule has 1 aromatic rings. The zero-order valence-corrected chi connectivity index (χ0v) is 14.6. The molecule has 2 amide bonds. The number of carbonyl (C=O) groups is 2. The van der Waals surface area contributed by atoms with Gasteiger partial charge in [0.1, 0.15) is 17.0 Å². The third-order valence-corrected chi connectivity index (χ3v) is 4.43. The van der Waals surface area contributed by atoms with Crippen molar-refractivity contribution in [2.75, 3.05) is 26.2 Å². The number of nitrogens with zero attached hydrogens (tertiary/aromatic N) is 4. The van der Waals surface area contributed by atoms with Crippen molar-refractivity contribution >= 4 is 23.4 Å². The highest BCUT2D eigenvalue weighted by molar-refractivity contribution is 6.29. The van der Waals surface area contributed by atoms with Crippen molar-refractivity contribution < 1.29 is 9.59 Å². The topological polar surface area (TPSA) is 70.5 Å². The predicted molar refractivity (Wildman–Crippen MR) is 88.0 cm³/mol. The molecule has 0 aromatic carbocycles. The van der Waals surface area contributed by atoms with E-state index < -0.39 is 6.04 Å². The lowest BCUT2D eigenvalue weighted by molar-refractivity contribution is -0.135. The Kier molecular flexibility index (Phi) is 6.01. The molecule has 0 bridgehead atoms. The van der Waals surface area contributed by atoms with Gasteiger partial charge in [-0.15, -0.1) is 0 Å². The molecule has 0 saturated carbocycles. The molecule has 1 atom stereocenters. The van der Waals surface area contributed by atoms with Crippen LogP contribution in [0.2, 0.25) is 5.15 Å². The summed E-state index contributed by atoms with van der Waals surface area (Å²) in [4.78, 5) is 31.9. The minimum atomic E-state index is -0.479. The molecule has 1 fully saturated rings. The van der Waals surface area contributed by atoms with E-state index in [1.807, 2.05) is 16.5 Å². The van der Waals surface area contributed by atoms with E-state index in [0.29, 0.717) is 24.8 Å². The summed E-state index contributed by atoms with van der Waals surface area (Å²) in [5.74, 6) is 0.706. The lowest BCUT2D eigenvalue weighted by atomic mass is 10.2. The van der Waals surface area contributed by atoms with Gasteiger partial charge in [-0.25, -0.2) is 4.98 Å². The average molecular weight is 342 g/mol. The highest BCUT2D eigenvalue weighted by atomic mass is 35.5. The maximum Gasteiger partial charge on any atom is 0.244 e. The van der Waals surface area contributed by atoms with E-state index >= 15 is 0 Å². The Bertz CT molecular complexity index is 574. The maximum absolute atomic E-state index is 12.4. The van der Waals surface area contributed by atoms with Gasteiger partial charge in [-0.2, -0.15) is 0 Å². The zero-order chi connectivity index (χ0) is 17.0. The summed E-state index contributed by atoms with van der Waals surface area (Å²) in [6, 6.07) is -0.479. The number of aromatic nitrogens is 2. The number of halogens is 1. The van der Waals surface area contributed by atoms with Crippen LogP contribution < -0.4 is 5.32 Å². The van der Waals surface area contributed by atoms with Gasteiger partial charge in [0, 0.05) is 40.2 Å². The molecule has 1 aliphatic rings. The fourth-order valence-corrected chi connectivity index (χ4v) is 2.91. The Hall–Kier alpha value is -1.60. The summed E-state index contributed by atoms with van der Waals surface area (Å²) >= 11 is 6.01. The second-order valence-electron chi connectivity index (χ2n) is 5.93. The predicted octanol–water partition coefficient (Wildman–Crippen LogP) is 0.632. The van der Waals surface area contributed by atoms with Gasteiger partial charge in [-0.3, -0.25) is 14.5 Å². The summed E-state index contributed by atoms with van der Waals surface area (Å²) in [5.41, 5.74) is 0. The van der Waals surface area contributed by atoms with Crippen LogP contribution >= 0.6 is 11.6 Å². The molecule has 2 rings (SSSR count). The number of hydrogen-bond donors (Lipinski definition) is 1. The number of rotatable bonds is 4. The zero-order valence-electron chi connectivity index (χ0n) is 13.9. The van der Waals surface area contributed by atoms with E-state index in [2.05, 4.69) is 15.2 Å². The van der Waals surface area contributed by atoms with E-state index in [-0.39, 0.29) is 11.8 Å². The normalized spacial score (nSPS) is 17.7. The van der Waals surface area contributed by atoms with Crippen molar-refractivity contribution in [2.24, 2.45) is 7.05 Å². The molecule has 7 nitrogen and oxygen atoms in total. The number of nitrogens with one attached hydrogen (secondary N) is 1. The smallest absolute Gasteiger partial charge is 0.244 e. The Morgan fingerprint density at radius 1 is 1.35 bits per heavy atom. The highest BCUT2D eigenvalue weighted by Gasteiger charge is 2.24. The fourth-order valence-electron chi connectivity index (χ4n) is 2.76. The van der Waals surface area contributed by atoms with Crippen LogP contribution in [0.25, 0.3) is 0 Å². The van der Waals surface area contributed by atoms with Crippen LogP contribution in [-0.2, 0) is 23.2 Å². The SMILES string of the molecule is CC(=O)NC(C)C(=O)N1CCCN(Cc2ncc(Cl)n2C)CC1. The van der Waals surface area contributed by atoms with Gasteiger partial charge in [0.25, 0.3) is 0 Å². The van der Waals surface area contributed by atoms with Crippen LogP contribution in [0.4, 0.5) is 0 Å². The molecule has 0 aliphatic carbocycles. The molecule has 0 spiro atoms. The number of hydrogen-bond acceptors (Lipinski definition) is 4. The molecule has 0 radical (unpaired) electrons. The largest absolute Gasteiger partial charge is 0.345 e. The first-order valence-corrected chi connectivity index (χ1v) is 8.20. The summed E-state index contributed by atoms with van der Waals surface area (Å²) in [5, 5.41) is 3.27. The Labute approximate surface area is 141 Å². The van der Waals surface area contributed by atoms with E-state index in [1.54, 1.807) is 13.1 Å². The lowest BCUT2D eigenvalue weighted by Crippen LogP contribution is -2.47. The molecule has 1 N–H and O–H groups in total. The first-order valence-electron chi connectivity index (χ1n) is 7.83. The van der Waals surface area contributed by atoms with Crippen molar-refractivity contribution in [2.45, 2.75) is 32.9 Å². The number of carbonyl (C=O) groups excluding carboxylic acids is 2. The van der Waals surface area contributed by atoms with E-state index in [0.717, 1.165) is 25.3 Å². The summed E-state index contributed by atoms with van der Waals surface area (Å²) < 4.78 is 1.87. The lowest BCUT2D eigenvalue weighted by Gasteiger charge is -2.25. The van der Waals surface area contributed by atoms with Crippen LogP contribution in [0, 0.1) is 0 Å². The second-order valence-corrected chi connectivity index (χ2v) is 6.32. The molecule has 1 saturated heterocycles. The summed E-state index contributed by atoms with van der Waals surface area (Å²) in [6.07, 6.45) is 2.55. The van der Waals surface area contributed by atoms with Crippen LogP contribution in [0.5, 0.6) is 0 Å². The van der Waals surface area contributed by atoms with Gasteiger partial charge in [0.15, 0.2) is 0 Å². The van der Waals surface area contributed by atoms with Gasteiger partial charge < -0.3 is 14.8 Å². The van der Waals surface area contributed by atoms with E-state index in [9.17, 15) is 9.59 Å². The summed E-state index contributed by atoms with van der Waals surface area (Å²) in [6.45, 7) is 6.91. The molecule has 2 heterocycles. The molecular weight excluding hydrogens is 318 g/mol. The molecule has 23 heavy (non-hydrogen) atoms. The minimum absolute atomic E-state index is 0.0258. The van der Waals surface area contributed by atoms with Gasteiger partial charge in [0.05, 0.1) is 12.7 Å². The van der Waals surface area contributed by atoms with E-state index in [4.69, 9.17) is 11.6 Å². The Morgan fingerprint density at radius 2 is 2.09 bits per heavy atom. The van der Waals surface area contributed by atoms with Crippen molar-refractivity contribution in [3.8, 4) is 0 Å². The van der Waals surface area contributed by atoms with Gasteiger partial charge in [0.2, 0.25) is 11.8 Å². The highest BCUT2D eigenvalue weighted by Crippen LogP contribution is 2.13. The second kappa shape index (κ2) is 7.79. The van der Waals surface area contributed by atoms with Crippen molar-refractivity contribution in [1.82, 2.24) is 24.7 Å². The molecule has 128 valence electrons. The molecular formula is C15H24ClN5O2. The van der Waals surface area contributed by atoms with Crippen molar-refractivity contribution in [1.29, 1.82) is 0 Å². The quantitative estimate of drug-likeness (QED) is 0.872. The molecule has 8 heteroatoms. The fraction of sp³-hybridized carbons (Fsp3) is 0.667. The third kappa shape index (κ3) is 4.68. The van der Waals surface area contributed by atoms with Crippen LogP contribution in [-0.4, -0.2) is 63.4 Å². The molecule has 1 aromatic heterocycles. The first kappa shape index (κ1) is 17.7. The standard InChI is InChI=1S/C15H24ClN5O2/c1-11(18-12(2)22)15(23)21-6-4-5-20(7-8-21)10-14-17-9-13(16)19(14)3/h9,11H,4-8,10H2,1-3H3,(H,18,22). The van der Waals surface area contributed by atoms with Gasteiger partial charge in [-0.05, 0) is 13.3 Å². The summed E-state index contributed by atoms with van der Waals surface area (Å²) in [7, 11) is 1.90. The van der Waals surface area contributed by atoms with Crippen molar-refractivity contribution in [3.05, 3.63) is 17.2 Å². The van der Waals surface area contributed by atoms with Crippen molar-refractivity contribution in [3.63, 3.8) is 0 Å².